The fourth-order valence-corrected chi connectivity index (χ4v) is 3.55. The summed E-state index contributed by atoms with van der Waals surface area (Å²) in [5.74, 6) is -2.17. The van der Waals surface area contributed by atoms with Gasteiger partial charge in [0, 0.05) is 16.7 Å². The van der Waals surface area contributed by atoms with Crippen LogP contribution in [0.15, 0.2) is 67.3 Å². The predicted octanol–water partition coefficient (Wildman–Crippen LogP) is 6.60. The highest BCUT2D eigenvalue weighted by molar-refractivity contribution is 5.71. The van der Waals surface area contributed by atoms with Crippen molar-refractivity contribution in [2.24, 2.45) is 0 Å². The van der Waals surface area contributed by atoms with Crippen molar-refractivity contribution in [2.45, 2.75) is 19.1 Å². The van der Waals surface area contributed by atoms with Crippen molar-refractivity contribution in [1.29, 1.82) is 0 Å². The summed E-state index contributed by atoms with van der Waals surface area (Å²) >= 11 is 0. The Morgan fingerprint density at radius 2 is 1.47 bits per heavy atom. The second-order valence-corrected chi connectivity index (χ2v) is 7.14. The lowest BCUT2D eigenvalue weighted by atomic mass is 9.97. The molecule has 1 saturated heterocycles. The summed E-state index contributed by atoms with van der Waals surface area (Å²) in [5, 5.41) is 0. The number of allylic oxidation sites excluding steroid dienone is 1. The van der Waals surface area contributed by atoms with Gasteiger partial charge in [-0.15, -0.1) is 6.58 Å². The van der Waals surface area contributed by atoms with Crippen LogP contribution in [0.4, 0.5) is 13.2 Å². The minimum Gasteiger partial charge on any atom is -0.348 e. The summed E-state index contributed by atoms with van der Waals surface area (Å²) in [4.78, 5) is 0. The Kier molecular flexibility index (Phi) is 6.02. The van der Waals surface area contributed by atoms with Crippen LogP contribution in [0.5, 0.6) is 0 Å². The molecule has 1 aliphatic rings. The Morgan fingerprint density at radius 3 is 2.10 bits per heavy atom. The van der Waals surface area contributed by atoms with Crippen LogP contribution in [0.3, 0.4) is 0 Å². The molecule has 2 nitrogen and oxygen atoms in total. The van der Waals surface area contributed by atoms with Gasteiger partial charge in [-0.25, -0.2) is 13.2 Å². The van der Waals surface area contributed by atoms with Crippen molar-refractivity contribution in [3.63, 3.8) is 0 Å². The first-order valence-corrected chi connectivity index (χ1v) is 9.79. The fourth-order valence-electron chi connectivity index (χ4n) is 3.55. The van der Waals surface area contributed by atoms with Crippen molar-refractivity contribution in [3.8, 4) is 22.3 Å². The molecule has 0 N–H and O–H groups in total. The van der Waals surface area contributed by atoms with E-state index in [9.17, 15) is 13.2 Å². The number of rotatable bonds is 5. The zero-order valence-electron chi connectivity index (χ0n) is 16.3. The third kappa shape index (κ3) is 4.04. The van der Waals surface area contributed by atoms with Crippen LogP contribution in [-0.4, -0.2) is 13.2 Å². The maximum absolute atomic E-state index is 14.7. The van der Waals surface area contributed by atoms with Gasteiger partial charge in [-0.3, -0.25) is 0 Å². The van der Waals surface area contributed by atoms with E-state index in [0.717, 1.165) is 6.42 Å². The molecule has 3 aromatic carbocycles. The molecule has 154 valence electrons. The summed E-state index contributed by atoms with van der Waals surface area (Å²) in [5.41, 5.74) is 2.61. The number of hydrogen-bond donors (Lipinski definition) is 0. The van der Waals surface area contributed by atoms with Gasteiger partial charge in [0.25, 0.3) is 0 Å². The minimum atomic E-state index is -0.898. The number of benzene rings is 3. The van der Waals surface area contributed by atoms with Gasteiger partial charge in [-0.2, -0.15) is 0 Å². The van der Waals surface area contributed by atoms with Gasteiger partial charge in [0.2, 0.25) is 0 Å². The molecular formula is C25H21F3O2. The monoisotopic (exact) mass is 410 g/mol. The Balaban J connectivity index is 1.59. The van der Waals surface area contributed by atoms with Gasteiger partial charge >= 0.3 is 0 Å². The van der Waals surface area contributed by atoms with E-state index in [4.69, 9.17) is 9.47 Å². The summed E-state index contributed by atoms with van der Waals surface area (Å²) in [6.07, 6.45) is 2.06. The second kappa shape index (κ2) is 8.86. The maximum atomic E-state index is 14.7. The normalized spacial score (nSPS) is 14.6. The molecule has 0 bridgehead atoms. The Bertz CT molecular complexity index is 1050. The van der Waals surface area contributed by atoms with Gasteiger partial charge in [-0.1, -0.05) is 54.6 Å². The molecule has 0 unspecified atom stereocenters. The van der Waals surface area contributed by atoms with E-state index in [0.29, 0.717) is 35.5 Å². The molecule has 3 aromatic rings. The zero-order chi connectivity index (χ0) is 21.1. The Labute approximate surface area is 173 Å². The summed E-state index contributed by atoms with van der Waals surface area (Å²) in [7, 11) is 0. The van der Waals surface area contributed by atoms with E-state index in [2.05, 4.69) is 6.58 Å². The Morgan fingerprint density at radius 1 is 0.833 bits per heavy atom. The molecule has 1 aliphatic heterocycles. The van der Waals surface area contributed by atoms with Crippen LogP contribution in [0.25, 0.3) is 22.3 Å². The van der Waals surface area contributed by atoms with E-state index in [1.807, 2.05) is 0 Å². The highest BCUT2D eigenvalue weighted by Gasteiger charge is 2.19. The SMILES string of the molecule is C=CCc1ccc(-c2ccc(-c3ccc(C4OCCCO4)cc3F)cc2)c(F)c1F. The second-order valence-electron chi connectivity index (χ2n) is 7.14. The summed E-state index contributed by atoms with van der Waals surface area (Å²) < 4.78 is 54.5. The molecule has 0 radical (unpaired) electrons. The summed E-state index contributed by atoms with van der Waals surface area (Å²) in [6, 6.07) is 14.6. The lowest BCUT2D eigenvalue weighted by Crippen LogP contribution is -2.17. The first kappa shape index (κ1) is 20.4. The van der Waals surface area contributed by atoms with Crippen molar-refractivity contribution in [3.05, 3.63) is 95.8 Å². The van der Waals surface area contributed by atoms with Gasteiger partial charge in [-0.05, 0) is 35.6 Å². The van der Waals surface area contributed by atoms with Crippen molar-refractivity contribution in [2.75, 3.05) is 13.2 Å². The fraction of sp³-hybridized carbons (Fsp3) is 0.200. The first-order valence-electron chi connectivity index (χ1n) is 9.79. The minimum absolute atomic E-state index is 0.161. The van der Waals surface area contributed by atoms with E-state index in [1.165, 1.54) is 12.1 Å². The van der Waals surface area contributed by atoms with E-state index in [-0.39, 0.29) is 17.5 Å². The molecule has 0 saturated carbocycles. The highest BCUT2D eigenvalue weighted by atomic mass is 19.2. The quantitative estimate of drug-likeness (QED) is 0.441. The molecule has 0 amide bonds. The molecular weight excluding hydrogens is 389 g/mol. The molecule has 0 spiro atoms. The molecule has 0 aliphatic carbocycles. The maximum Gasteiger partial charge on any atom is 0.183 e. The van der Waals surface area contributed by atoms with Crippen LogP contribution >= 0.6 is 0 Å². The number of halogens is 3. The molecule has 4 rings (SSSR count). The lowest BCUT2D eigenvalue weighted by molar-refractivity contribution is -0.183. The van der Waals surface area contributed by atoms with Crippen LogP contribution < -0.4 is 0 Å². The standard InChI is InChI=1S/C25H21F3O2/c1-2-4-18-9-12-21(24(28)23(18)27)17-7-5-16(6-8-17)20-11-10-19(15-22(20)26)25-29-13-3-14-30-25/h2,5-12,15,25H,1,3-4,13-14H2. The first-order chi connectivity index (χ1) is 14.6. The third-order valence-corrected chi connectivity index (χ3v) is 5.13. The molecule has 5 heteroatoms. The summed E-state index contributed by atoms with van der Waals surface area (Å²) in [6.45, 7) is 4.72. The molecule has 30 heavy (non-hydrogen) atoms. The van der Waals surface area contributed by atoms with Crippen LogP contribution in [0.2, 0.25) is 0 Å². The highest BCUT2D eigenvalue weighted by Crippen LogP contribution is 2.32. The van der Waals surface area contributed by atoms with Crippen LogP contribution in [0.1, 0.15) is 23.8 Å². The van der Waals surface area contributed by atoms with Crippen molar-refractivity contribution >= 4 is 0 Å². The largest absolute Gasteiger partial charge is 0.348 e. The lowest BCUT2D eigenvalue weighted by Gasteiger charge is -2.23. The van der Waals surface area contributed by atoms with E-state index < -0.39 is 23.7 Å². The number of hydrogen-bond acceptors (Lipinski definition) is 2. The third-order valence-electron chi connectivity index (χ3n) is 5.13. The Hall–Kier alpha value is -2.89. The molecule has 0 aromatic heterocycles. The predicted molar refractivity (Wildman–Crippen MR) is 110 cm³/mol. The van der Waals surface area contributed by atoms with E-state index in [1.54, 1.807) is 48.5 Å². The molecule has 0 atom stereocenters. The molecule has 1 fully saturated rings. The molecule has 1 heterocycles. The smallest absolute Gasteiger partial charge is 0.183 e. The average molecular weight is 410 g/mol. The number of ether oxygens (including phenoxy) is 2. The van der Waals surface area contributed by atoms with E-state index >= 15 is 0 Å². The van der Waals surface area contributed by atoms with Gasteiger partial charge in [0.05, 0.1) is 13.2 Å². The van der Waals surface area contributed by atoms with Crippen LogP contribution in [-0.2, 0) is 15.9 Å². The van der Waals surface area contributed by atoms with Crippen LogP contribution in [0, 0.1) is 17.5 Å². The van der Waals surface area contributed by atoms with Gasteiger partial charge in [0.1, 0.15) is 5.82 Å². The average Bonchev–Trinajstić information content (AvgIpc) is 2.78. The van der Waals surface area contributed by atoms with Crippen molar-refractivity contribution in [1.82, 2.24) is 0 Å². The topological polar surface area (TPSA) is 18.5 Å². The van der Waals surface area contributed by atoms with Gasteiger partial charge in [0.15, 0.2) is 17.9 Å². The van der Waals surface area contributed by atoms with Gasteiger partial charge < -0.3 is 9.47 Å². The zero-order valence-corrected chi connectivity index (χ0v) is 16.3. The van der Waals surface area contributed by atoms with Crippen molar-refractivity contribution < 1.29 is 22.6 Å².